The Labute approximate surface area is 135 Å². The van der Waals surface area contributed by atoms with Crippen LogP contribution in [0.3, 0.4) is 0 Å². The molecule has 0 atom stereocenters. The molecule has 0 aliphatic carbocycles. The monoisotopic (exact) mass is 352 g/mol. The Bertz CT molecular complexity index is 568. The molecule has 0 aliphatic heterocycles. The molecule has 1 aromatic heterocycles. The standard InChI is InChI=1S/C12H21ClN4O2S2/c1-4-12(5-2,20-3)8-16-21(18,19)9-6-10(13)11(17-14)15-7-9/h6-7,16H,4-5,8,14H2,1-3H3,(H,15,17). The Kier molecular flexibility index (Phi) is 6.73. The number of anilines is 1. The van der Waals surface area contributed by atoms with E-state index in [9.17, 15) is 8.42 Å². The number of hydrogen-bond donors (Lipinski definition) is 3. The van der Waals surface area contributed by atoms with Crippen LogP contribution in [-0.4, -0.2) is 30.9 Å². The van der Waals surface area contributed by atoms with Crippen LogP contribution in [0, 0.1) is 0 Å². The summed E-state index contributed by atoms with van der Waals surface area (Å²) in [7, 11) is -3.65. The fraction of sp³-hybridized carbons (Fsp3) is 0.583. The summed E-state index contributed by atoms with van der Waals surface area (Å²) in [5.41, 5.74) is 2.30. The van der Waals surface area contributed by atoms with E-state index in [2.05, 4.69) is 29.0 Å². The molecule has 4 N–H and O–H groups in total. The number of thioether (sulfide) groups is 1. The van der Waals surface area contributed by atoms with Crippen LogP contribution in [0.25, 0.3) is 0 Å². The van der Waals surface area contributed by atoms with Crippen molar-refractivity contribution in [1.29, 1.82) is 0 Å². The van der Waals surface area contributed by atoms with Crippen LogP contribution in [0.4, 0.5) is 5.82 Å². The van der Waals surface area contributed by atoms with E-state index < -0.39 is 10.0 Å². The molecule has 120 valence electrons. The van der Waals surface area contributed by atoms with E-state index in [1.807, 2.05) is 6.26 Å². The lowest BCUT2D eigenvalue weighted by molar-refractivity contribution is 0.522. The first-order valence-corrected chi connectivity index (χ1v) is 9.59. The van der Waals surface area contributed by atoms with E-state index in [1.54, 1.807) is 11.8 Å². The third kappa shape index (κ3) is 4.46. The lowest BCUT2D eigenvalue weighted by Gasteiger charge is -2.29. The number of halogens is 1. The van der Waals surface area contributed by atoms with Crippen molar-refractivity contribution in [3.05, 3.63) is 17.3 Å². The molecule has 0 aromatic carbocycles. The number of rotatable bonds is 8. The first-order chi connectivity index (χ1) is 9.84. The zero-order chi connectivity index (χ0) is 16.1. The third-order valence-corrected chi connectivity index (χ3v) is 6.81. The third-order valence-electron chi connectivity index (χ3n) is 3.57. The number of pyridine rings is 1. The molecule has 0 saturated carbocycles. The maximum absolute atomic E-state index is 12.3. The molecule has 0 fully saturated rings. The molecule has 6 nitrogen and oxygen atoms in total. The van der Waals surface area contributed by atoms with Gasteiger partial charge >= 0.3 is 0 Å². The molecule has 0 spiro atoms. The Morgan fingerprint density at radius 3 is 2.48 bits per heavy atom. The highest BCUT2D eigenvalue weighted by molar-refractivity contribution is 8.00. The van der Waals surface area contributed by atoms with Crippen LogP contribution >= 0.6 is 23.4 Å². The molecule has 0 radical (unpaired) electrons. The van der Waals surface area contributed by atoms with Gasteiger partial charge in [-0.3, -0.25) is 0 Å². The van der Waals surface area contributed by atoms with Crippen molar-refractivity contribution in [2.45, 2.75) is 36.3 Å². The molecule has 1 heterocycles. The van der Waals surface area contributed by atoms with E-state index >= 15 is 0 Å². The second-order valence-electron chi connectivity index (χ2n) is 4.56. The maximum atomic E-state index is 12.3. The van der Waals surface area contributed by atoms with Crippen molar-refractivity contribution in [2.24, 2.45) is 5.84 Å². The van der Waals surface area contributed by atoms with Gasteiger partial charge in [0, 0.05) is 17.5 Å². The molecular weight excluding hydrogens is 332 g/mol. The lowest BCUT2D eigenvalue weighted by Crippen LogP contribution is -2.39. The highest BCUT2D eigenvalue weighted by Crippen LogP contribution is 2.30. The van der Waals surface area contributed by atoms with Crippen molar-refractivity contribution in [1.82, 2.24) is 9.71 Å². The summed E-state index contributed by atoms with van der Waals surface area (Å²) < 4.78 is 27.1. The topological polar surface area (TPSA) is 97.1 Å². The Morgan fingerprint density at radius 1 is 1.43 bits per heavy atom. The molecule has 0 saturated heterocycles. The van der Waals surface area contributed by atoms with E-state index in [4.69, 9.17) is 17.4 Å². The number of sulfonamides is 1. The number of nitrogen functional groups attached to an aromatic ring is 1. The molecule has 0 amide bonds. The van der Waals surface area contributed by atoms with E-state index in [0.717, 1.165) is 12.8 Å². The summed E-state index contributed by atoms with van der Waals surface area (Å²) in [6.07, 6.45) is 4.97. The van der Waals surface area contributed by atoms with Gasteiger partial charge in [-0.15, -0.1) is 0 Å². The number of aromatic nitrogens is 1. The molecular formula is C12H21ClN4O2S2. The quantitative estimate of drug-likeness (QED) is 0.490. The fourth-order valence-corrected chi connectivity index (χ4v) is 4.11. The Morgan fingerprint density at radius 2 is 2.05 bits per heavy atom. The molecule has 0 unspecified atom stereocenters. The minimum Gasteiger partial charge on any atom is -0.307 e. The summed E-state index contributed by atoms with van der Waals surface area (Å²) in [6, 6.07) is 1.32. The second kappa shape index (κ2) is 7.64. The number of hydrogen-bond acceptors (Lipinski definition) is 6. The van der Waals surface area contributed by atoms with E-state index in [1.165, 1.54) is 12.3 Å². The molecule has 0 bridgehead atoms. The van der Waals surface area contributed by atoms with Gasteiger partial charge in [-0.2, -0.15) is 11.8 Å². The predicted molar refractivity (Wildman–Crippen MR) is 89.1 cm³/mol. The normalized spacial score (nSPS) is 12.4. The molecule has 21 heavy (non-hydrogen) atoms. The SMILES string of the molecule is CCC(CC)(CNS(=O)(=O)c1cnc(NN)c(Cl)c1)SC. The van der Waals surface area contributed by atoms with Crippen molar-refractivity contribution in [3.63, 3.8) is 0 Å². The highest BCUT2D eigenvalue weighted by Gasteiger charge is 2.27. The highest BCUT2D eigenvalue weighted by atomic mass is 35.5. The average molecular weight is 353 g/mol. The number of nitrogens with zero attached hydrogens (tertiary/aromatic N) is 1. The summed E-state index contributed by atoms with van der Waals surface area (Å²) in [4.78, 5) is 3.90. The van der Waals surface area contributed by atoms with Crippen LogP contribution in [0.1, 0.15) is 26.7 Å². The lowest BCUT2D eigenvalue weighted by atomic mass is 10.0. The minimum absolute atomic E-state index is 0.0220. The van der Waals surface area contributed by atoms with Crippen LogP contribution in [0.2, 0.25) is 5.02 Å². The van der Waals surface area contributed by atoms with Gasteiger partial charge in [0.15, 0.2) is 5.82 Å². The number of nitrogens with one attached hydrogen (secondary N) is 2. The zero-order valence-corrected chi connectivity index (χ0v) is 14.7. The number of nitrogens with two attached hydrogens (primary N) is 1. The molecule has 9 heteroatoms. The van der Waals surface area contributed by atoms with Gasteiger partial charge in [0.05, 0.1) is 5.02 Å². The van der Waals surface area contributed by atoms with Gasteiger partial charge in [-0.05, 0) is 25.2 Å². The summed E-state index contributed by atoms with van der Waals surface area (Å²) in [5, 5.41) is 0.155. The first-order valence-electron chi connectivity index (χ1n) is 6.51. The van der Waals surface area contributed by atoms with Crippen LogP contribution in [-0.2, 0) is 10.0 Å². The van der Waals surface area contributed by atoms with Crippen LogP contribution in [0.15, 0.2) is 17.2 Å². The Hall–Kier alpha value is -0.540. The van der Waals surface area contributed by atoms with Gasteiger partial charge in [0.1, 0.15) is 4.90 Å². The van der Waals surface area contributed by atoms with Crippen LogP contribution in [0.5, 0.6) is 0 Å². The largest absolute Gasteiger partial charge is 0.307 e. The molecule has 0 aliphatic rings. The van der Waals surface area contributed by atoms with Crippen molar-refractivity contribution >= 4 is 39.2 Å². The van der Waals surface area contributed by atoms with E-state index in [0.29, 0.717) is 6.54 Å². The van der Waals surface area contributed by atoms with Gasteiger partial charge < -0.3 is 5.43 Å². The molecule has 1 rings (SSSR count). The summed E-state index contributed by atoms with van der Waals surface area (Å²) >= 11 is 7.57. The van der Waals surface area contributed by atoms with Crippen LogP contribution < -0.4 is 16.0 Å². The fourth-order valence-electron chi connectivity index (χ4n) is 1.84. The van der Waals surface area contributed by atoms with E-state index in [-0.39, 0.29) is 20.5 Å². The number of hydrazine groups is 1. The smallest absolute Gasteiger partial charge is 0.242 e. The maximum Gasteiger partial charge on any atom is 0.242 e. The Balaban J connectivity index is 2.94. The average Bonchev–Trinajstić information content (AvgIpc) is 2.49. The predicted octanol–water partition coefficient (Wildman–Crippen LogP) is 2.22. The zero-order valence-electron chi connectivity index (χ0n) is 12.3. The van der Waals surface area contributed by atoms with Crippen molar-refractivity contribution in [3.8, 4) is 0 Å². The van der Waals surface area contributed by atoms with Gasteiger partial charge in [-0.25, -0.2) is 24.0 Å². The minimum atomic E-state index is -3.65. The summed E-state index contributed by atoms with van der Waals surface area (Å²) in [5.74, 6) is 5.45. The van der Waals surface area contributed by atoms with Gasteiger partial charge in [0.25, 0.3) is 0 Å². The van der Waals surface area contributed by atoms with Crippen molar-refractivity contribution in [2.75, 3.05) is 18.2 Å². The van der Waals surface area contributed by atoms with Gasteiger partial charge in [0.2, 0.25) is 10.0 Å². The second-order valence-corrected chi connectivity index (χ2v) is 8.01. The molecule has 1 aromatic rings. The summed E-state index contributed by atoms with van der Waals surface area (Å²) in [6.45, 7) is 4.46. The van der Waals surface area contributed by atoms with Gasteiger partial charge in [-0.1, -0.05) is 25.4 Å². The van der Waals surface area contributed by atoms with Crippen molar-refractivity contribution < 1.29 is 8.42 Å². The first kappa shape index (κ1) is 18.5.